The molecule has 0 aromatic heterocycles. The van der Waals surface area contributed by atoms with Crippen LogP contribution >= 0.6 is 0 Å². The summed E-state index contributed by atoms with van der Waals surface area (Å²) in [6.07, 6.45) is -0.0895. The van der Waals surface area contributed by atoms with Crippen LogP contribution in [0.4, 0.5) is 22.7 Å². The Kier molecular flexibility index (Phi) is 4.35. The van der Waals surface area contributed by atoms with Gasteiger partial charge in [-0.15, -0.1) is 0 Å². The average Bonchev–Trinajstić information content (AvgIpc) is 2.83. The number of benzene rings is 2. The van der Waals surface area contributed by atoms with Crippen molar-refractivity contribution in [3.05, 3.63) is 42.5 Å². The van der Waals surface area contributed by atoms with Crippen molar-refractivity contribution >= 4 is 32.9 Å². The molecule has 1 atom stereocenters. The highest BCUT2D eigenvalue weighted by Crippen LogP contribution is 2.40. The van der Waals surface area contributed by atoms with E-state index in [9.17, 15) is 18.1 Å². The number of aliphatic hydroxyl groups is 1. The minimum atomic E-state index is -4.39. The van der Waals surface area contributed by atoms with Gasteiger partial charge in [0, 0.05) is 12.2 Å². The molecule has 0 saturated carbocycles. The summed E-state index contributed by atoms with van der Waals surface area (Å²) in [4.78, 5) is 1.73. The van der Waals surface area contributed by atoms with Crippen LogP contribution < -0.4 is 15.5 Å². The van der Waals surface area contributed by atoms with Crippen molar-refractivity contribution in [2.45, 2.75) is 18.0 Å². The molecular weight excluding hydrogens is 330 g/mol. The van der Waals surface area contributed by atoms with Gasteiger partial charge in [-0.05, 0) is 31.2 Å². The van der Waals surface area contributed by atoms with Gasteiger partial charge in [-0.3, -0.25) is 4.55 Å². The second kappa shape index (κ2) is 6.31. The maximum atomic E-state index is 11.8. The van der Waals surface area contributed by atoms with Crippen LogP contribution in [-0.4, -0.2) is 37.4 Å². The zero-order valence-corrected chi connectivity index (χ0v) is 13.9. The Morgan fingerprint density at radius 1 is 1.25 bits per heavy atom. The van der Waals surface area contributed by atoms with E-state index in [0.717, 1.165) is 5.69 Å². The molecular formula is C16H19N3O4S. The number of para-hydroxylation sites is 1. The van der Waals surface area contributed by atoms with E-state index in [0.29, 0.717) is 17.9 Å². The van der Waals surface area contributed by atoms with E-state index in [2.05, 4.69) is 10.6 Å². The van der Waals surface area contributed by atoms with Crippen LogP contribution in [0.1, 0.15) is 6.92 Å². The Labute approximate surface area is 140 Å². The largest absolute Gasteiger partial charge is 0.395 e. The third-order valence-electron chi connectivity index (χ3n) is 3.91. The lowest BCUT2D eigenvalue weighted by Gasteiger charge is -2.23. The smallest absolute Gasteiger partial charge is 0.296 e. The van der Waals surface area contributed by atoms with Crippen molar-refractivity contribution in [2.75, 3.05) is 28.7 Å². The van der Waals surface area contributed by atoms with Crippen molar-refractivity contribution in [3.63, 3.8) is 0 Å². The molecule has 128 valence electrons. The molecule has 4 N–H and O–H groups in total. The van der Waals surface area contributed by atoms with Crippen molar-refractivity contribution in [1.29, 1.82) is 0 Å². The molecule has 0 bridgehead atoms. The molecule has 1 heterocycles. The standard InChI is InChI=1S/C16H19N3O4S/c1-11-17-13-10-16(24(21,22)23)14(9-15(13)19(11)7-8-20)18-12-5-3-2-4-6-12/h2-6,9-11,17-18,20H,7-8H2,1H3,(H,21,22,23). The van der Waals surface area contributed by atoms with Gasteiger partial charge >= 0.3 is 0 Å². The number of aliphatic hydroxyl groups excluding tert-OH is 1. The van der Waals surface area contributed by atoms with E-state index < -0.39 is 10.1 Å². The van der Waals surface area contributed by atoms with Crippen molar-refractivity contribution < 1.29 is 18.1 Å². The van der Waals surface area contributed by atoms with Crippen LogP contribution in [0, 0.1) is 0 Å². The SMILES string of the molecule is CC1Nc2cc(S(=O)(=O)O)c(Nc3ccccc3)cc2N1CCO. The topological polar surface area (TPSA) is 102 Å². The number of hydrogen-bond donors (Lipinski definition) is 4. The van der Waals surface area contributed by atoms with Gasteiger partial charge in [-0.1, -0.05) is 18.2 Å². The fraction of sp³-hybridized carbons (Fsp3) is 0.250. The van der Waals surface area contributed by atoms with Gasteiger partial charge in [-0.2, -0.15) is 8.42 Å². The van der Waals surface area contributed by atoms with Gasteiger partial charge in [0.25, 0.3) is 10.1 Å². The predicted octanol–water partition coefficient (Wildman–Crippen LogP) is 2.25. The summed E-state index contributed by atoms with van der Waals surface area (Å²) in [6, 6.07) is 12.2. The second-order valence-electron chi connectivity index (χ2n) is 5.57. The summed E-state index contributed by atoms with van der Waals surface area (Å²) >= 11 is 0. The first-order valence-electron chi connectivity index (χ1n) is 7.52. The molecule has 0 saturated heterocycles. The molecule has 0 aliphatic carbocycles. The van der Waals surface area contributed by atoms with Crippen LogP contribution in [-0.2, 0) is 10.1 Å². The minimum absolute atomic E-state index is 0.0209. The molecule has 1 unspecified atom stereocenters. The molecule has 1 aliphatic heterocycles. The Morgan fingerprint density at radius 2 is 1.96 bits per heavy atom. The summed E-state index contributed by atoms with van der Waals surface area (Å²) < 4.78 is 33.1. The zero-order chi connectivity index (χ0) is 17.3. The third kappa shape index (κ3) is 3.16. The second-order valence-corrected chi connectivity index (χ2v) is 6.96. The number of anilines is 4. The van der Waals surface area contributed by atoms with Crippen LogP contribution in [0.15, 0.2) is 47.4 Å². The summed E-state index contributed by atoms with van der Waals surface area (Å²) in [7, 11) is -4.39. The van der Waals surface area contributed by atoms with Crippen LogP contribution in [0.3, 0.4) is 0 Å². The number of hydrogen-bond acceptors (Lipinski definition) is 6. The lowest BCUT2D eigenvalue weighted by atomic mass is 10.2. The average molecular weight is 349 g/mol. The first-order chi connectivity index (χ1) is 11.4. The number of β-amino-alcohol motifs (C(OH)–C–C–N with tert-alkyl or cyclic N) is 1. The Morgan fingerprint density at radius 3 is 2.58 bits per heavy atom. The van der Waals surface area contributed by atoms with Gasteiger partial charge in [0.1, 0.15) is 4.90 Å². The highest BCUT2D eigenvalue weighted by atomic mass is 32.2. The fourth-order valence-electron chi connectivity index (χ4n) is 2.84. The quantitative estimate of drug-likeness (QED) is 0.614. The summed E-state index contributed by atoms with van der Waals surface area (Å²) in [5.74, 6) is 0. The van der Waals surface area contributed by atoms with Crippen LogP contribution in [0.25, 0.3) is 0 Å². The molecule has 0 amide bonds. The lowest BCUT2D eigenvalue weighted by molar-refractivity contribution is 0.300. The highest BCUT2D eigenvalue weighted by Gasteiger charge is 2.29. The molecule has 8 heteroatoms. The first-order valence-corrected chi connectivity index (χ1v) is 8.96. The predicted molar refractivity (Wildman–Crippen MR) is 93.5 cm³/mol. The maximum absolute atomic E-state index is 11.8. The number of fused-ring (bicyclic) bond motifs is 1. The maximum Gasteiger partial charge on any atom is 0.296 e. The minimum Gasteiger partial charge on any atom is -0.395 e. The van der Waals surface area contributed by atoms with E-state index >= 15 is 0 Å². The fourth-order valence-corrected chi connectivity index (χ4v) is 3.50. The zero-order valence-electron chi connectivity index (χ0n) is 13.1. The van der Waals surface area contributed by atoms with E-state index in [4.69, 9.17) is 0 Å². The van der Waals surface area contributed by atoms with Gasteiger partial charge in [0.2, 0.25) is 0 Å². The van der Waals surface area contributed by atoms with Crippen molar-refractivity contribution in [2.24, 2.45) is 0 Å². The van der Waals surface area contributed by atoms with Gasteiger partial charge in [0.15, 0.2) is 0 Å². The molecule has 24 heavy (non-hydrogen) atoms. The van der Waals surface area contributed by atoms with Crippen molar-refractivity contribution in [3.8, 4) is 0 Å². The number of rotatable bonds is 5. The normalized spacial score (nSPS) is 16.6. The van der Waals surface area contributed by atoms with E-state index in [1.54, 1.807) is 18.2 Å². The Hall–Kier alpha value is -2.29. The van der Waals surface area contributed by atoms with E-state index in [1.807, 2.05) is 30.0 Å². The molecule has 0 spiro atoms. The third-order valence-corrected chi connectivity index (χ3v) is 4.80. The molecule has 0 fully saturated rings. The summed E-state index contributed by atoms with van der Waals surface area (Å²) in [5, 5.41) is 15.4. The molecule has 2 aromatic carbocycles. The summed E-state index contributed by atoms with van der Waals surface area (Å²) in [5.41, 5.74) is 2.35. The summed E-state index contributed by atoms with van der Waals surface area (Å²) in [6.45, 7) is 2.30. The van der Waals surface area contributed by atoms with Gasteiger partial charge in [-0.25, -0.2) is 0 Å². The van der Waals surface area contributed by atoms with E-state index in [-0.39, 0.29) is 23.4 Å². The van der Waals surface area contributed by atoms with Crippen LogP contribution in [0.5, 0.6) is 0 Å². The Bertz CT molecular complexity index is 840. The van der Waals surface area contributed by atoms with Crippen LogP contribution in [0.2, 0.25) is 0 Å². The highest BCUT2D eigenvalue weighted by molar-refractivity contribution is 7.86. The van der Waals surface area contributed by atoms with E-state index in [1.165, 1.54) is 6.07 Å². The number of nitrogens with one attached hydrogen (secondary N) is 2. The molecule has 1 aliphatic rings. The van der Waals surface area contributed by atoms with Crippen molar-refractivity contribution in [1.82, 2.24) is 0 Å². The molecule has 3 rings (SSSR count). The van der Waals surface area contributed by atoms with Gasteiger partial charge in [0.05, 0.1) is 29.8 Å². The lowest BCUT2D eigenvalue weighted by Crippen LogP contribution is -2.35. The van der Waals surface area contributed by atoms with Gasteiger partial charge < -0.3 is 20.6 Å². The molecule has 2 aromatic rings. The Balaban J connectivity index is 2.09. The monoisotopic (exact) mass is 349 g/mol. The first kappa shape index (κ1) is 16.6. The molecule has 0 radical (unpaired) electrons. The molecule has 7 nitrogen and oxygen atoms in total. The number of nitrogens with zero attached hydrogens (tertiary/aromatic N) is 1.